The molecule has 0 aromatic heterocycles. The number of carbonyl (C=O) groups is 1. The van der Waals surface area contributed by atoms with E-state index in [4.69, 9.17) is 0 Å². The molecule has 0 radical (unpaired) electrons. The lowest BCUT2D eigenvalue weighted by Gasteiger charge is -2.44. The van der Waals surface area contributed by atoms with Gasteiger partial charge in [0.2, 0.25) is 5.91 Å². The van der Waals surface area contributed by atoms with Gasteiger partial charge in [0.25, 0.3) is 0 Å². The monoisotopic (exact) mass is 446 g/mol. The molecule has 0 spiro atoms. The number of likely N-dealkylation sites (N-methyl/N-ethyl adjacent to an activating group) is 1. The van der Waals surface area contributed by atoms with Gasteiger partial charge in [-0.05, 0) is 96.7 Å². The van der Waals surface area contributed by atoms with Crippen LogP contribution in [0.5, 0.6) is 0 Å². The van der Waals surface area contributed by atoms with E-state index in [0.29, 0.717) is 23.8 Å². The molecule has 178 valence electrons. The molecule has 4 aliphatic rings. The summed E-state index contributed by atoms with van der Waals surface area (Å²) in [5.74, 6) is 3.05. The van der Waals surface area contributed by atoms with E-state index in [9.17, 15) is 4.79 Å². The highest BCUT2D eigenvalue weighted by molar-refractivity contribution is 5.92. The van der Waals surface area contributed by atoms with E-state index in [0.717, 1.165) is 44.4 Å². The zero-order chi connectivity index (χ0) is 23.4. The highest BCUT2D eigenvalue weighted by Crippen LogP contribution is 2.55. The van der Waals surface area contributed by atoms with Crippen molar-refractivity contribution in [3.8, 4) is 0 Å². The minimum Gasteiger partial charge on any atom is -0.343 e. The van der Waals surface area contributed by atoms with Crippen molar-refractivity contribution in [2.75, 3.05) is 26.2 Å². The van der Waals surface area contributed by atoms with Gasteiger partial charge in [-0.2, -0.15) is 0 Å². The fourth-order valence-electron chi connectivity index (χ4n) is 6.84. The standard InChI is InChI=1S/C30H42N2O/c1-7-31(8-2)30(33)22-15-26-24-13-12-23(25-14-19(25)5)28-20(6)18(4)10-11-21(29(24)28)16-27(26)32(9-3)17-22/h11-13,15,18-20,22,25,27H,7-10,14,16-17H2,1-6H3/t18?,19?,20?,22-,25?,27-/m1/s1. The molecular weight excluding hydrogens is 404 g/mol. The van der Waals surface area contributed by atoms with Gasteiger partial charge in [0.15, 0.2) is 0 Å². The molecule has 3 heteroatoms. The number of amides is 1. The van der Waals surface area contributed by atoms with Crippen molar-refractivity contribution in [1.82, 2.24) is 9.80 Å². The molecule has 0 saturated heterocycles. The highest BCUT2D eigenvalue weighted by Gasteiger charge is 2.43. The topological polar surface area (TPSA) is 23.6 Å². The molecule has 33 heavy (non-hydrogen) atoms. The maximum absolute atomic E-state index is 13.4. The number of rotatable bonds is 5. The number of benzene rings is 1. The number of hydrogen-bond donors (Lipinski definition) is 0. The van der Waals surface area contributed by atoms with Crippen LogP contribution in [0.15, 0.2) is 24.3 Å². The van der Waals surface area contributed by atoms with E-state index in [2.05, 4.69) is 70.7 Å². The summed E-state index contributed by atoms with van der Waals surface area (Å²) in [7, 11) is 0. The quantitative estimate of drug-likeness (QED) is 0.529. The van der Waals surface area contributed by atoms with Gasteiger partial charge in [-0.25, -0.2) is 0 Å². The van der Waals surface area contributed by atoms with Gasteiger partial charge in [0.05, 0.1) is 5.92 Å². The van der Waals surface area contributed by atoms with Crippen LogP contribution in [0, 0.1) is 17.8 Å². The third kappa shape index (κ3) is 3.71. The van der Waals surface area contributed by atoms with Crippen molar-refractivity contribution in [1.29, 1.82) is 0 Å². The number of carbonyl (C=O) groups excluding carboxylic acids is 1. The number of fused-ring (bicyclic) bond motifs is 2. The normalized spacial score (nSPS) is 32.8. The summed E-state index contributed by atoms with van der Waals surface area (Å²) in [5, 5.41) is 0. The van der Waals surface area contributed by atoms with Crippen LogP contribution in [0.25, 0.3) is 11.1 Å². The Hall–Kier alpha value is -1.87. The Kier molecular flexibility index (Phi) is 6.05. The summed E-state index contributed by atoms with van der Waals surface area (Å²) in [6, 6.07) is 5.28. The van der Waals surface area contributed by atoms with Crippen molar-refractivity contribution in [3.63, 3.8) is 0 Å². The minimum absolute atomic E-state index is 0.0393. The summed E-state index contributed by atoms with van der Waals surface area (Å²) < 4.78 is 0. The lowest BCUT2D eigenvalue weighted by molar-refractivity contribution is -0.134. The first-order valence-electron chi connectivity index (χ1n) is 13.5. The summed E-state index contributed by atoms with van der Waals surface area (Å²) in [5.41, 5.74) is 9.20. The van der Waals surface area contributed by atoms with E-state index in [1.165, 1.54) is 29.5 Å². The molecule has 1 aliphatic heterocycles. The van der Waals surface area contributed by atoms with Gasteiger partial charge in [0, 0.05) is 25.7 Å². The van der Waals surface area contributed by atoms with Crippen LogP contribution in [0.1, 0.15) is 94.9 Å². The van der Waals surface area contributed by atoms with Crippen LogP contribution < -0.4 is 0 Å². The van der Waals surface area contributed by atoms with Crippen LogP contribution in [-0.4, -0.2) is 47.9 Å². The van der Waals surface area contributed by atoms with Crippen LogP contribution in [0.3, 0.4) is 0 Å². The molecule has 3 nitrogen and oxygen atoms in total. The van der Waals surface area contributed by atoms with E-state index in [1.54, 1.807) is 16.7 Å². The predicted molar refractivity (Wildman–Crippen MR) is 138 cm³/mol. The number of allylic oxidation sites excluding steroid dienone is 1. The molecule has 1 aromatic carbocycles. The minimum atomic E-state index is -0.0393. The maximum Gasteiger partial charge on any atom is 0.230 e. The maximum atomic E-state index is 13.4. The zero-order valence-electron chi connectivity index (χ0n) is 21.5. The Morgan fingerprint density at radius 1 is 1.09 bits per heavy atom. The summed E-state index contributed by atoms with van der Waals surface area (Å²) >= 11 is 0. The Labute approximate surface area is 200 Å². The van der Waals surface area contributed by atoms with Crippen molar-refractivity contribution in [2.45, 2.75) is 78.7 Å². The van der Waals surface area contributed by atoms with E-state index in [1.807, 2.05) is 4.90 Å². The third-order valence-electron chi connectivity index (χ3n) is 9.29. The zero-order valence-corrected chi connectivity index (χ0v) is 21.5. The molecular formula is C30H42N2O. The van der Waals surface area contributed by atoms with Crippen LogP contribution in [0.2, 0.25) is 0 Å². The van der Waals surface area contributed by atoms with E-state index < -0.39 is 0 Å². The fourth-order valence-corrected chi connectivity index (χ4v) is 6.84. The third-order valence-corrected chi connectivity index (χ3v) is 9.29. The smallest absolute Gasteiger partial charge is 0.230 e. The molecule has 1 heterocycles. The molecule has 1 aromatic rings. The number of nitrogens with zero attached hydrogens (tertiary/aromatic N) is 2. The average Bonchev–Trinajstić information content (AvgIpc) is 3.58. The SMILES string of the molecule is CCN(CC)C(=O)[C@@H]1C=C2c3ccc(C4CC4C)c4c3C(=CCC(C)C4C)C[C@H]2N(CC)C1. The lowest BCUT2D eigenvalue weighted by atomic mass is 9.72. The molecule has 6 atom stereocenters. The van der Waals surface area contributed by atoms with Gasteiger partial charge in [-0.1, -0.05) is 52.0 Å². The molecule has 1 amide bonds. The van der Waals surface area contributed by atoms with Crippen LogP contribution in [-0.2, 0) is 4.79 Å². The summed E-state index contributed by atoms with van der Waals surface area (Å²) in [4.78, 5) is 18.0. The van der Waals surface area contributed by atoms with Gasteiger partial charge < -0.3 is 4.90 Å². The second-order valence-electron chi connectivity index (χ2n) is 11.1. The predicted octanol–water partition coefficient (Wildman–Crippen LogP) is 6.31. The highest BCUT2D eigenvalue weighted by atomic mass is 16.2. The second kappa shape index (κ2) is 8.73. The van der Waals surface area contributed by atoms with E-state index >= 15 is 0 Å². The molecule has 4 unspecified atom stereocenters. The van der Waals surface area contributed by atoms with Gasteiger partial charge >= 0.3 is 0 Å². The molecule has 5 rings (SSSR count). The van der Waals surface area contributed by atoms with Crippen molar-refractivity contribution in [2.24, 2.45) is 17.8 Å². The average molecular weight is 447 g/mol. The largest absolute Gasteiger partial charge is 0.343 e. The van der Waals surface area contributed by atoms with Crippen molar-refractivity contribution in [3.05, 3.63) is 46.5 Å². The fraction of sp³-hybridized carbons (Fsp3) is 0.633. The van der Waals surface area contributed by atoms with Gasteiger partial charge in [0.1, 0.15) is 0 Å². The Balaban J connectivity index is 1.67. The summed E-state index contributed by atoms with van der Waals surface area (Å²) in [6.45, 7) is 17.1. The van der Waals surface area contributed by atoms with Gasteiger partial charge in [-0.15, -0.1) is 0 Å². The number of hydrogen-bond acceptors (Lipinski definition) is 2. The van der Waals surface area contributed by atoms with Gasteiger partial charge in [-0.3, -0.25) is 9.69 Å². The molecule has 1 fully saturated rings. The van der Waals surface area contributed by atoms with Crippen molar-refractivity contribution < 1.29 is 4.79 Å². The molecule has 0 bridgehead atoms. The first-order chi connectivity index (χ1) is 15.9. The second-order valence-corrected chi connectivity index (χ2v) is 11.1. The molecule has 3 aliphatic carbocycles. The molecule has 1 saturated carbocycles. The van der Waals surface area contributed by atoms with E-state index in [-0.39, 0.29) is 5.92 Å². The first kappa shape index (κ1) is 22.9. The Morgan fingerprint density at radius 3 is 2.45 bits per heavy atom. The van der Waals surface area contributed by atoms with Crippen LogP contribution in [0.4, 0.5) is 0 Å². The molecule has 0 N–H and O–H groups in total. The lowest BCUT2D eigenvalue weighted by Crippen LogP contribution is -2.48. The Morgan fingerprint density at radius 2 is 1.82 bits per heavy atom. The van der Waals surface area contributed by atoms with Crippen molar-refractivity contribution >= 4 is 17.1 Å². The summed E-state index contributed by atoms with van der Waals surface area (Å²) in [6.07, 6.45) is 8.53. The van der Waals surface area contributed by atoms with Crippen LogP contribution >= 0.6 is 0 Å². The Bertz CT molecular complexity index is 1000. The first-order valence-corrected chi connectivity index (χ1v) is 13.5.